The van der Waals surface area contributed by atoms with Crippen LogP contribution in [0.25, 0.3) is 16.6 Å². The molecule has 3 heterocycles. The lowest BCUT2D eigenvalue weighted by atomic mass is 10.1. The van der Waals surface area contributed by atoms with Crippen LogP contribution in [0.15, 0.2) is 70.6 Å². The molecule has 36 heavy (non-hydrogen) atoms. The summed E-state index contributed by atoms with van der Waals surface area (Å²) in [6, 6.07) is 12.5. The first-order valence-electron chi connectivity index (χ1n) is 10.6. The number of aromatic nitrogens is 6. The summed E-state index contributed by atoms with van der Waals surface area (Å²) >= 11 is 6.01. The summed E-state index contributed by atoms with van der Waals surface area (Å²) in [6.45, 7) is -0.105. The largest absolute Gasteiger partial charge is 0.359 e. The number of hydrogen-bond donors (Lipinski definition) is 1. The van der Waals surface area contributed by atoms with E-state index in [0.29, 0.717) is 11.3 Å². The zero-order valence-electron chi connectivity index (χ0n) is 18.7. The zero-order valence-corrected chi connectivity index (χ0v) is 19.4. The van der Waals surface area contributed by atoms with E-state index in [-0.39, 0.29) is 28.8 Å². The van der Waals surface area contributed by atoms with Crippen LogP contribution in [0.5, 0.6) is 0 Å². The van der Waals surface area contributed by atoms with Crippen LogP contribution in [0.4, 0.5) is 16.0 Å². The van der Waals surface area contributed by atoms with Crippen LogP contribution in [0, 0.1) is 17.1 Å². The Morgan fingerprint density at radius 1 is 1.14 bits per heavy atom. The summed E-state index contributed by atoms with van der Waals surface area (Å²) in [6.07, 6.45) is 4.51. The number of aryl methyl sites for hydroxylation is 1. The third-order valence-electron chi connectivity index (χ3n) is 5.39. The molecule has 0 bridgehead atoms. The lowest BCUT2D eigenvalue weighted by molar-refractivity contribution is 0.620. The lowest BCUT2D eigenvalue weighted by Gasteiger charge is -2.16. The highest BCUT2D eigenvalue weighted by atomic mass is 35.5. The van der Waals surface area contributed by atoms with E-state index in [1.54, 1.807) is 36.0 Å². The number of hydrogen-bond acceptors (Lipinski definition) is 7. The zero-order chi connectivity index (χ0) is 25.4. The summed E-state index contributed by atoms with van der Waals surface area (Å²) < 4.78 is 17.6. The van der Waals surface area contributed by atoms with E-state index in [4.69, 9.17) is 11.6 Å². The first kappa shape index (κ1) is 22.9. The van der Waals surface area contributed by atoms with E-state index >= 15 is 0 Å². The highest BCUT2D eigenvalue weighted by Crippen LogP contribution is 2.21. The molecular formula is C24H16ClFN8O2. The number of nitrogens with zero attached hydrogens (tertiary/aromatic N) is 7. The lowest BCUT2D eigenvalue weighted by Crippen LogP contribution is -2.41. The smallest absolute Gasteiger partial charge is 0.325 e. The quantitative estimate of drug-likeness (QED) is 0.391. The molecule has 5 aromatic rings. The molecule has 0 fully saturated rings. The highest BCUT2D eigenvalue weighted by molar-refractivity contribution is 6.30. The van der Waals surface area contributed by atoms with Crippen molar-refractivity contribution in [1.82, 2.24) is 28.9 Å². The molecule has 0 spiro atoms. The monoisotopic (exact) mass is 502 g/mol. The number of halogens is 2. The van der Waals surface area contributed by atoms with Gasteiger partial charge in [-0.25, -0.2) is 18.5 Å². The maximum atomic E-state index is 13.9. The van der Waals surface area contributed by atoms with Gasteiger partial charge < -0.3 is 5.32 Å². The van der Waals surface area contributed by atoms with Gasteiger partial charge in [-0.15, -0.1) is 0 Å². The molecule has 0 aliphatic rings. The minimum absolute atomic E-state index is 0.0395. The van der Waals surface area contributed by atoms with Gasteiger partial charge in [0.25, 0.3) is 0 Å². The maximum Gasteiger partial charge on any atom is 0.359 e. The van der Waals surface area contributed by atoms with Crippen molar-refractivity contribution in [2.75, 3.05) is 5.32 Å². The van der Waals surface area contributed by atoms with Crippen molar-refractivity contribution in [3.8, 4) is 11.8 Å². The second-order valence-electron chi connectivity index (χ2n) is 7.91. The number of pyridine rings is 1. The molecule has 0 amide bonds. The van der Waals surface area contributed by atoms with Gasteiger partial charge in [0.1, 0.15) is 11.9 Å². The molecule has 0 unspecified atom stereocenters. The fourth-order valence-corrected chi connectivity index (χ4v) is 3.94. The molecule has 0 atom stereocenters. The van der Waals surface area contributed by atoms with E-state index in [9.17, 15) is 19.2 Å². The van der Waals surface area contributed by atoms with Gasteiger partial charge in [0.05, 0.1) is 34.5 Å². The van der Waals surface area contributed by atoms with Crippen LogP contribution in [0.2, 0.25) is 5.02 Å². The molecule has 0 aliphatic carbocycles. The van der Waals surface area contributed by atoms with Crippen molar-refractivity contribution in [3.05, 3.63) is 104 Å². The Morgan fingerprint density at radius 2 is 1.97 bits per heavy atom. The van der Waals surface area contributed by atoms with E-state index in [1.165, 1.54) is 35.2 Å². The van der Waals surface area contributed by atoms with Gasteiger partial charge in [-0.2, -0.15) is 15.3 Å². The molecular weight excluding hydrogens is 487 g/mol. The predicted octanol–water partition coefficient (Wildman–Crippen LogP) is 3.13. The van der Waals surface area contributed by atoms with Crippen molar-refractivity contribution in [2.24, 2.45) is 7.05 Å². The molecule has 0 radical (unpaired) electrons. The van der Waals surface area contributed by atoms with Crippen molar-refractivity contribution in [3.63, 3.8) is 0 Å². The van der Waals surface area contributed by atoms with Gasteiger partial charge in [0.2, 0.25) is 5.95 Å². The van der Waals surface area contributed by atoms with Crippen LogP contribution in [0.3, 0.4) is 0 Å². The van der Waals surface area contributed by atoms with E-state index in [2.05, 4.69) is 20.4 Å². The van der Waals surface area contributed by atoms with Crippen LogP contribution >= 0.6 is 11.6 Å². The van der Waals surface area contributed by atoms with E-state index in [1.807, 2.05) is 6.20 Å². The molecule has 2 aromatic carbocycles. The highest BCUT2D eigenvalue weighted by Gasteiger charge is 2.17. The fraction of sp³-hybridized carbons (Fsp3) is 0.0833. The molecule has 178 valence electrons. The number of nitrogens with one attached hydrogen (secondary N) is 1. The van der Waals surface area contributed by atoms with E-state index in [0.717, 1.165) is 21.5 Å². The van der Waals surface area contributed by atoms with Gasteiger partial charge in [-0.05, 0) is 42.0 Å². The van der Waals surface area contributed by atoms with Crippen LogP contribution in [-0.4, -0.2) is 28.9 Å². The minimum Gasteiger partial charge on any atom is -0.325 e. The van der Waals surface area contributed by atoms with Crippen LogP contribution in [-0.2, 0) is 13.6 Å². The van der Waals surface area contributed by atoms with Crippen molar-refractivity contribution < 1.29 is 4.39 Å². The van der Waals surface area contributed by atoms with Gasteiger partial charge >= 0.3 is 11.4 Å². The van der Waals surface area contributed by atoms with Crippen LogP contribution < -0.4 is 16.7 Å². The van der Waals surface area contributed by atoms with Crippen LogP contribution in [0.1, 0.15) is 11.1 Å². The Labute approximate surface area is 207 Å². The first-order chi connectivity index (χ1) is 17.3. The second-order valence-corrected chi connectivity index (χ2v) is 8.35. The van der Waals surface area contributed by atoms with E-state index < -0.39 is 17.2 Å². The van der Waals surface area contributed by atoms with Crippen molar-refractivity contribution in [1.29, 1.82) is 5.26 Å². The molecule has 1 N–H and O–H groups in total. The van der Waals surface area contributed by atoms with Gasteiger partial charge in [0, 0.05) is 30.5 Å². The molecule has 5 rings (SSSR count). The Hall–Kier alpha value is -4.82. The summed E-state index contributed by atoms with van der Waals surface area (Å²) in [4.78, 5) is 34.6. The number of anilines is 2. The van der Waals surface area contributed by atoms with Crippen molar-refractivity contribution >= 4 is 34.1 Å². The number of nitriles is 1. The van der Waals surface area contributed by atoms with Gasteiger partial charge in [-0.1, -0.05) is 17.7 Å². The van der Waals surface area contributed by atoms with Crippen molar-refractivity contribution in [2.45, 2.75) is 6.54 Å². The molecule has 0 saturated carbocycles. The van der Waals surface area contributed by atoms with Gasteiger partial charge in [0.15, 0.2) is 0 Å². The number of fused-ring (bicyclic) bond motifs is 1. The Kier molecular flexibility index (Phi) is 5.79. The minimum atomic E-state index is -0.845. The first-order valence-corrected chi connectivity index (χ1v) is 10.9. The summed E-state index contributed by atoms with van der Waals surface area (Å²) in [5, 5.41) is 17.6. The third-order valence-corrected chi connectivity index (χ3v) is 5.59. The van der Waals surface area contributed by atoms with Gasteiger partial charge in [-0.3, -0.25) is 14.2 Å². The third kappa shape index (κ3) is 4.33. The average molecular weight is 503 g/mol. The molecule has 12 heteroatoms. The fourth-order valence-electron chi connectivity index (χ4n) is 3.77. The Bertz CT molecular complexity index is 1800. The number of benzene rings is 2. The predicted molar refractivity (Wildman–Crippen MR) is 131 cm³/mol. The maximum absolute atomic E-state index is 13.9. The molecule has 3 aromatic heterocycles. The summed E-state index contributed by atoms with van der Waals surface area (Å²) in [5.41, 5.74) is 0.185. The Balaban J connectivity index is 1.66. The second kappa shape index (κ2) is 9.09. The molecule has 0 saturated heterocycles. The topological polar surface area (TPSA) is 123 Å². The molecule has 10 nitrogen and oxygen atoms in total. The standard InChI is InChI=1S/C24H16ClFN8O2/c1-32-13-16-7-18(3-5-21(16)31-32)29-22-30-23(35)34(19-8-17(25)10-28-11-19)24(36)33(22)12-14-2-4-20(26)15(6-14)9-27/h2-8,10-11,13H,12H2,1H3,(H,29,30,35). The summed E-state index contributed by atoms with van der Waals surface area (Å²) in [5.74, 6) is -0.716. The molecule has 0 aliphatic heterocycles. The normalized spacial score (nSPS) is 10.9. The average Bonchev–Trinajstić information content (AvgIpc) is 3.22. The Morgan fingerprint density at radius 3 is 2.75 bits per heavy atom. The summed E-state index contributed by atoms with van der Waals surface area (Å²) in [7, 11) is 1.80. The number of rotatable bonds is 5. The SMILES string of the molecule is Cn1cc2cc(Nc3nc(=O)n(-c4cncc(Cl)c4)c(=O)n3Cc3ccc(F)c(C#N)c3)ccc2n1.